The molecule has 0 aliphatic heterocycles. The monoisotopic (exact) mass is 866 g/mol. The molecule has 0 saturated carbocycles. The fourth-order valence-corrected chi connectivity index (χ4v) is 6.67. The summed E-state index contributed by atoms with van der Waals surface area (Å²) in [4.78, 5) is 12.4. The van der Waals surface area contributed by atoms with Crippen LogP contribution in [-0.2, 0) is 4.79 Å². The Hall–Kier alpha value is -3.73. The van der Waals surface area contributed by atoms with Gasteiger partial charge in [-0.2, -0.15) is 0 Å². The van der Waals surface area contributed by atoms with E-state index in [9.17, 15) is 15.0 Å². The Morgan fingerprint density at radius 3 is 1.11 bits per heavy atom. The number of hydrogen-bond acceptors (Lipinski definition) is 3. The van der Waals surface area contributed by atoms with E-state index >= 15 is 0 Å². The highest BCUT2D eigenvalue weighted by Crippen LogP contribution is 2.12. The zero-order chi connectivity index (χ0) is 45.6. The van der Waals surface area contributed by atoms with Gasteiger partial charge in [0.1, 0.15) is 0 Å². The summed E-state index contributed by atoms with van der Waals surface area (Å²) in [5.74, 6) is -0.117. The van der Waals surface area contributed by atoms with Crippen LogP contribution in [0.25, 0.3) is 0 Å². The van der Waals surface area contributed by atoms with E-state index in [4.69, 9.17) is 0 Å². The predicted octanol–water partition coefficient (Wildman–Crippen LogP) is 16.9. The van der Waals surface area contributed by atoms with Crippen molar-refractivity contribution in [1.29, 1.82) is 0 Å². The molecule has 0 aromatic rings. The molecule has 3 N–H and O–H groups in total. The number of hydrogen-bond donors (Lipinski definition) is 3. The quantitative estimate of drug-likeness (QED) is 0.0422. The van der Waals surface area contributed by atoms with Crippen molar-refractivity contribution in [2.45, 2.75) is 212 Å². The number of amides is 1. The lowest BCUT2D eigenvalue weighted by Crippen LogP contribution is -2.45. The van der Waals surface area contributed by atoms with Crippen molar-refractivity contribution in [3.05, 3.63) is 146 Å². The third-order valence-electron chi connectivity index (χ3n) is 10.5. The largest absolute Gasteiger partial charge is 0.394 e. The molecule has 0 fully saturated rings. The third kappa shape index (κ3) is 49.1. The maximum atomic E-state index is 12.4. The van der Waals surface area contributed by atoms with Crippen molar-refractivity contribution in [2.24, 2.45) is 0 Å². The highest BCUT2D eigenvalue weighted by Gasteiger charge is 2.17. The molecule has 0 aromatic heterocycles. The maximum absolute atomic E-state index is 12.4. The van der Waals surface area contributed by atoms with E-state index < -0.39 is 12.1 Å². The van der Waals surface area contributed by atoms with Crippen molar-refractivity contribution in [1.82, 2.24) is 5.32 Å². The van der Waals surface area contributed by atoms with Crippen LogP contribution in [0.1, 0.15) is 200 Å². The summed E-state index contributed by atoms with van der Waals surface area (Å²) in [5, 5.41) is 23.0. The SMILES string of the molecule is CC/C=C\C/C=C\C/C=C\C/C=C\C/C=C\C/C=C\C/C=C\C/C=C\C/C=C\CCCCCC(=O)NC(CO)C(O)/C=C/CC/C=C/CC/C=C/CCCCCCCCCCCC. The van der Waals surface area contributed by atoms with Crippen molar-refractivity contribution in [2.75, 3.05) is 6.61 Å². The number of nitrogens with one attached hydrogen (secondary N) is 1. The van der Waals surface area contributed by atoms with Crippen LogP contribution in [0.5, 0.6) is 0 Å². The van der Waals surface area contributed by atoms with E-state index in [1.807, 2.05) is 6.08 Å². The molecule has 0 rings (SSSR count). The Bertz CT molecular complexity index is 1350. The lowest BCUT2D eigenvalue weighted by molar-refractivity contribution is -0.123. The first-order valence-corrected chi connectivity index (χ1v) is 25.5. The van der Waals surface area contributed by atoms with E-state index in [-0.39, 0.29) is 12.5 Å². The fourth-order valence-electron chi connectivity index (χ4n) is 6.67. The molecule has 0 heterocycles. The number of allylic oxidation sites excluding steroid dienone is 23. The normalized spacial score (nSPS) is 14.2. The minimum atomic E-state index is -0.896. The summed E-state index contributed by atoms with van der Waals surface area (Å²) in [6.45, 7) is 4.15. The number of carbonyl (C=O) groups excluding carboxylic acids is 1. The molecule has 1 amide bonds. The number of carbonyl (C=O) groups is 1. The smallest absolute Gasteiger partial charge is 0.220 e. The zero-order valence-corrected chi connectivity index (χ0v) is 40.5. The molecule has 0 aliphatic rings. The van der Waals surface area contributed by atoms with Gasteiger partial charge in [0.25, 0.3) is 0 Å². The van der Waals surface area contributed by atoms with Gasteiger partial charge in [0.2, 0.25) is 5.91 Å². The van der Waals surface area contributed by atoms with E-state index in [0.717, 1.165) is 109 Å². The molecule has 2 atom stereocenters. The van der Waals surface area contributed by atoms with Crippen molar-refractivity contribution < 1.29 is 15.0 Å². The predicted molar refractivity (Wildman–Crippen MR) is 280 cm³/mol. The highest BCUT2D eigenvalue weighted by molar-refractivity contribution is 5.76. The molecule has 4 nitrogen and oxygen atoms in total. The molecule has 63 heavy (non-hydrogen) atoms. The minimum Gasteiger partial charge on any atom is -0.394 e. The Morgan fingerprint density at radius 1 is 0.397 bits per heavy atom. The van der Waals surface area contributed by atoms with E-state index in [1.54, 1.807) is 6.08 Å². The summed E-state index contributed by atoms with van der Waals surface area (Å²) in [6.07, 6.45) is 84.0. The molecule has 0 saturated heterocycles. The van der Waals surface area contributed by atoms with Crippen LogP contribution in [0.2, 0.25) is 0 Å². The third-order valence-corrected chi connectivity index (χ3v) is 10.5. The lowest BCUT2D eigenvalue weighted by atomic mass is 10.1. The topological polar surface area (TPSA) is 69.6 Å². The molecule has 0 bridgehead atoms. The lowest BCUT2D eigenvalue weighted by Gasteiger charge is -2.19. The summed E-state index contributed by atoms with van der Waals surface area (Å²) < 4.78 is 0. The Kier molecular flexibility index (Phi) is 49.5. The average Bonchev–Trinajstić information content (AvgIpc) is 3.29. The van der Waals surface area contributed by atoms with Gasteiger partial charge in [0.15, 0.2) is 0 Å². The Labute approximate surface area is 389 Å². The van der Waals surface area contributed by atoms with Gasteiger partial charge in [-0.15, -0.1) is 0 Å². The standard InChI is InChI=1S/C59H95NO3/c1-3-5-7-9-11-13-15-17-19-21-23-25-26-27-28-29-30-31-32-33-34-35-37-39-41-43-45-47-49-51-53-55-59(63)60-57(56-61)58(62)54-52-50-48-46-44-42-40-38-36-24-22-20-18-16-14-12-10-8-6-4-2/h5,7,11,13,17,19,23,25,27-28,30-31,33-34,36-39,43-46,52,54,57-58,61-62H,3-4,6,8-10,12,14-16,18,20-22,24,26,29,32,35,40-42,47-51,53,55-56H2,1-2H3,(H,60,63)/b7-5-,13-11-,19-17-,25-23-,28-27-,31-30-,34-33-,38-36+,39-37-,45-43-,46-44+,54-52+. The summed E-state index contributed by atoms with van der Waals surface area (Å²) in [7, 11) is 0. The van der Waals surface area contributed by atoms with Crippen molar-refractivity contribution in [3.8, 4) is 0 Å². The first-order valence-electron chi connectivity index (χ1n) is 25.5. The summed E-state index contributed by atoms with van der Waals surface area (Å²) in [6, 6.07) is -0.676. The second-order valence-corrected chi connectivity index (χ2v) is 16.5. The number of aliphatic hydroxyl groups excluding tert-OH is 2. The van der Waals surface area contributed by atoms with Crippen LogP contribution in [0, 0.1) is 0 Å². The van der Waals surface area contributed by atoms with Crippen LogP contribution < -0.4 is 5.32 Å². The first-order chi connectivity index (χ1) is 31.2. The van der Waals surface area contributed by atoms with Crippen LogP contribution >= 0.6 is 0 Å². The van der Waals surface area contributed by atoms with Gasteiger partial charge in [-0.25, -0.2) is 0 Å². The molecule has 0 spiro atoms. The highest BCUT2D eigenvalue weighted by atomic mass is 16.3. The molecular weight excluding hydrogens is 771 g/mol. The summed E-state index contributed by atoms with van der Waals surface area (Å²) in [5.41, 5.74) is 0. The molecule has 354 valence electrons. The van der Waals surface area contributed by atoms with Gasteiger partial charge < -0.3 is 15.5 Å². The second kappa shape index (κ2) is 52.6. The summed E-state index contributed by atoms with van der Waals surface area (Å²) >= 11 is 0. The number of unbranched alkanes of at least 4 members (excludes halogenated alkanes) is 15. The van der Waals surface area contributed by atoms with Crippen LogP contribution in [0.3, 0.4) is 0 Å². The van der Waals surface area contributed by atoms with Gasteiger partial charge in [-0.05, 0) is 116 Å². The Balaban J connectivity index is 3.78. The molecule has 0 aromatic carbocycles. The molecule has 0 radical (unpaired) electrons. The minimum absolute atomic E-state index is 0.117. The van der Waals surface area contributed by atoms with Gasteiger partial charge in [-0.3, -0.25) is 4.79 Å². The van der Waals surface area contributed by atoms with Crippen LogP contribution in [-0.4, -0.2) is 34.9 Å². The maximum Gasteiger partial charge on any atom is 0.220 e. The Morgan fingerprint density at radius 2 is 0.714 bits per heavy atom. The molecule has 0 aliphatic carbocycles. The van der Waals surface area contributed by atoms with Crippen molar-refractivity contribution in [3.63, 3.8) is 0 Å². The van der Waals surface area contributed by atoms with E-state index in [1.165, 1.54) is 70.6 Å². The van der Waals surface area contributed by atoms with Crippen LogP contribution in [0.15, 0.2) is 146 Å². The van der Waals surface area contributed by atoms with E-state index in [0.29, 0.717) is 6.42 Å². The second-order valence-electron chi connectivity index (χ2n) is 16.5. The van der Waals surface area contributed by atoms with Crippen LogP contribution in [0.4, 0.5) is 0 Å². The average molecular weight is 866 g/mol. The zero-order valence-electron chi connectivity index (χ0n) is 40.5. The van der Waals surface area contributed by atoms with Gasteiger partial charge in [-0.1, -0.05) is 224 Å². The molecule has 4 heteroatoms. The first kappa shape index (κ1) is 59.3. The number of rotatable bonds is 44. The molecule has 2 unspecified atom stereocenters. The number of aliphatic hydroxyl groups is 2. The van der Waals surface area contributed by atoms with Crippen molar-refractivity contribution >= 4 is 5.91 Å². The fraction of sp³-hybridized carbons (Fsp3) is 0.576. The molecular formula is C59H95NO3. The van der Waals surface area contributed by atoms with Gasteiger partial charge >= 0.3 is 0 Å². The van der Waals surface area contributed by atoms with Gasteiger partial charge in [0.05, 0.1) is 18.8 Å². The van der Waals surface area contributed by atoms with E-state index in [2.05, 4.69) is 153 Å². The van der Waals surface area contributed by atoms with Gasteiger partial charge in [0, 0.05) is 6.42 Å².